The average molecular weight is 401 g/mol. The SMILES string of the molecule is Cc1cc(C)c(NC(=O)CNS(=O)(=O)c2ccc(Cl)c(Cl)c2)c(C)c1. The first-order valence-corrected chi connectivity index (χ1v) is 9.66. The van der Waals surface area contributed by atoms with E-state index in [-0.39, 0.29) is 14.9 Å². The van der Waals surface area contributed by atoms with E-state index in [1.54, 1.807) is 0 Å². The Morgan fingerprint density at radius 2 is 1.60 bits per heavy atom. The first kappa shape index (κ1) is 19.7. The van der Waals surface area contributed by atoms with E-state index in [9.17, 15) is 13.2 Å². The van der Waals surface area contributed by atoms with Crippen LogP contribution in [0.25, 0.3) is 0 Å². The van der Waals surface area contributed by atoms with E-state index in [1.807, 2.05) is 32.9 Å². The molecule has 0 heterocycles. The first-order chi connectivity index (χ1) is 11.6. The maximum atomic E-state index is 12.2. The van der Waals surface area contributed by atoms with Crippen molar-refractivity contribution >= 4 is 44.8 Å². The lowest BCUT2D eigenvalue weighted by molar-refractivity contribution is -0.115. The van der Waals surface area contributed by atoms with Crippen molar-refractivity contribution in [2.45, 2.75) is 25.7 Å². The van der Waals surface area contributed by atoms with Gasteiger partial charge in [0.05, 0.1) is 21.5 Å². The molecule has 0 aliphatic heterocycles. The highest BCUT2D eigenvalue weighted by atomic mass is 35.5. The molecule has 25 heavy (non-hydrogen) atoms. The molecule has 5 nitrogen and oxygen atoms in total. The molecule has 0 unspecified atom stereocenters. The Kier molecular flexibility index (Phi) is 6.11. The molecule has 8 heteroatoms. The summed E-state index contributed by atoms with van der Waals surface area (Å²) in [5.41, 5.74) is 3.61. The van der Waals surface area contributed by atoms with Crippen LogP contribution in [0, 0.1) is 20.8 Å². The molecule has 0 saturated carbocycles. The molecule has 0 bridgehead atoms. The quantitative estimate of drug-likeness (QED) is 0.800. The first-order valence-electron chi connectivity index (χ1n) is 7.42. The van der Waals surface area contributed by atoms with Gasteiger partial charge in [-0.3, -0.25) is 4.79 Å². The number of halogens is 2. The van der Waals surface area contributed by atoms with E-state index in [0.29, 0.717) is 5.69 Å². The van der Waals surface area contributed by atoms with Crippen molar-refractivity contribution in [3.05, 3.63) is 57.1 Å². The van der Waals surface area contributed by atoms with Gasteiger partial charge in [0.25, 0.3) is 0 Å². The van der Waals surface area contributed by atoms with E-state index in [1.165, 1.54) is 18.2 Å². The van der Waals surface area contributed by atoms with E-state index in [2.05, 4.69) is 10.0 Å². The van der Waals surface area contributed by atoms with Gasteiger partial charge in [-0.2, -0.15) is 0 Å². The Hall–Kier alpha value is -1.60. The Morgan fingerprint density at radius 3 is 2.16 bits per heavy atom. The minimum Gasteiger partial charge on any atom is -0.324 e. The van der Waals surface area contributed by atoms with Gasteiger partial charge in [0.2, 0.25) is 15.9 Å². The second-order valence-electron chi connectivity index (χ2n) is 5.72. The zero-order valence-corrected chi connectivity index (χ0v) is 16.3. The molecule has 0 atom stereocenters. The molecule has 0 aliphatic carbocycles. The fourth-order valence-corrected chi connectivity index (χ4v) is 3.82. The molecule has 0 radical (unpaired) electrons. The summed E-state index contributed by atoms with van der Waals surface area (Å²) in [5, 5.41) is 3.12. The lowest BCUT2D eigenvalue weighted by Crippen LogP contribution is -2.33. The number of anilines is 1. The molecule has 2 N–H and O–H groups in total. The van der Waals surface area contributed by atoms with Gasteiger partial charge in [-0.05, 0) is 50.1 Å². The third-order valence-corrected chi connectivity index (χ3v) is 5.70. The Morgan fingerprint density at radius 1 is 1.00 bits per heavy atom. The van der Waals surface area contributed by atoms with Crippen molar-refractivity contribution in [1.29, 1.82) is 0 Å². The predicted octanol–water partition coefficient (Wildman–Crippen LogP) is 3.84. The number of amides is 1. The number of carbonyl (C=O) groups excluding carboxylic acids is 1. The second-order valence-corrected chi connectivity index (χ2v) is 8.30. The van der Waals surface area contributed by atoms with Crippen LogP contribution < -0.4 is 10.0 Å². The summed E-state index contributed by atoms with van der Waals surface area (Å²) < 4.78 is 26.7. The molecule has 0 spiro atoms. The molecule has 0 aromatic heterocycles. The van der Waals surface area contributed by atoms with E-state index in [4.69, 9.17) is 23.2 Å². The summed E-state index contributed by atoms with van der Waals surface area (Å²) in [6, 6.07) is 7.84. The normalized spacial score (nSPS) is 11.4. The zero-order valence-electron chi connectivity index (χ0n) is 14.0. The smallest absolute Gasteiger partial charge is 0.241 e. The molecular weight excluding hydrogens is 383 g/mol. The van der Waals surface area contributed by atoms with E-state index in [0.717, 1.165) is 16.7 Å². The molecule has 0 aliphatic rings. The summed E-state index contributed by atoms with van der Waals surface area (Å²) in [7, 11) is -3.87. The number of rotatable bonds is 5. The standard InChI is InChI=1S/C17H18Cl2N2O3S/c1-10-6-11(2)17(12(3)7-10)21-16(22)9-20-25(23,24)13-4-5-14(18)15(19)8-13/h4-8,20H,9H2,1-3H3,(H,21,22). The van der Waals surface area contributed by atoms with Gasteiger partial charge in [-0.25, -0.2) is 13.1 Å². The summed E-state index contributed by atoms with van der Waals surface area (Å²) in [6.45, 7) is 5.34. The van der Waals surface area contributed by atoms with Gasteiger partial charge < -0.3 is 5.32 Å². The van der Waals surface area contributed by atoms with Gasteiger partial charge in [-0.15, -0.1) is 0 Å². The van der Waals surface area contributed by atoms with Crippen molar-refractivity contribution in [2.75, 3.05) is 11.9 Å². The van der Waals surface area contributed by atoms with Crippen LogP contribution in [0.3, 0.4) is 0 Å². The highest BCUT2D eigenvalue weighted by molar-refractivity contribution is 7.89. The van der Waals surface area contributed by atoms with Crippen molar-refractivity contribution < 1.29 is 13.2 Å². The molecule has 2 aromatic carbocycles. The molecule has 2 rings (SSSR count). The Bertz CT molecular complexity index is 904. The zero-order chi connectivity index (χ0) is 18.8. The molecule has 1 amide bonds. The molecule has 0 saturated heterocycles. The van der Waals surface area contributed by atoms with Gasteiger partial charge in [0.15, 0.2) is 0 Å². The maximum Gasteiger partial charge on any atom is 0.241 e. The Labute approximate surface area is 157 Å². The lowest BCUT2D eigenvalue weighted by Gasteiger charge is -2.13. The molecule has 134 valence electrons. The minimum atomic E-state index is -3.87. The van der Waals surface area contributed by atoms with Gasteiger partial charge in [0.1, 0.15) is 0 Å². The van der Waals surface area contributed by atoms with Crippen LogP contribution in [-0.4, -0.2) is 20.9 Å². The summed E-state index contributed by atoms with van der Waals surface area (Å²) in [6.07, 6.45) is 0. The minimum absolute atomic E-state index is 0.0580. The van der Waals surface area contributed by atoms with Gasteiger partial charge >= 0.3 is 0 Å². The van der Waals surface area contributed by atoms with Crippen LogP contribution in [0.1, 0.15) is 16.7 Å². The predicted molar refractivity (Wildman–Crippen MR) is 101 cm³/mol. The lowest BCUT2D eigenvalue weighted by atomic mass is 10.1. The van der Waals surface area contributed by atoms with Gasteiger partial charge in [-0.1, -0.05) is 40.9 Å². The van der Waals surface area contributed by atoms with Crippen LogP contribution >= 0.6 is 23.2 Å². The third-order valence-electron chi connectivity index (χ3n) is 3.57. The number of hydrogen-bond acceptors (Lipinski definition) is 3. The monoisotopic (exact) mass is 400 g/mol. The fourth-order valence-electron chi connectivity index (χ4n) is 2.45. The van der Waals surface area contributed by atoms with Crippen LogP contribution in [0.15, 0.2) is 35.2 Å². The Balaban J connectivity index is 2.08. The van der Waals surface area contributed by atoms with E-state index >= 15 is 0 Å². The number of hydrogen-bond donors (Lipinski definition) is 2. The van der Waals surface area contributed by atoms with Crippen molar-refractivity contribution in [3.63, 3.8) is 0 Å². The maximum absolute atomic E-state index is 12.2. The molecule has 0 fully saturated rings. The summed E-state index contributed by atoms with van der Waals surface area (Å²) >= 11 is 11.6. The summed E-state index contributed by atoms with van der Waals surface area (Å²) in [4.78, 5) is 12.1. The van der Waals surface area contributed by atoms with Crippen molar-refractivity contribution in [1.82, 2.24) is 4.72 Å². The van der Waals surface area contributed by atoms with Crippen LogP contribution in [-0.2, 0) is 14.8 Å². The molecular formula is C17H18Cl2N2O3S. The number of benzene rings is 2. The van der Waals surface area contributed by atoms with Crippen LogP contribution in [0.5, 0.6) is 0 Å². The van der Waals surface area contributed by atoms with Crippen LogP contribution in [0.2, 0.25) is 10.0 Å². The average Bonchev–Trinajstić information content (AvgIpc) is 2.51. The number of carbonyl (C=O) groups is 1. The summed E-state index contributed by atoms with van der Waals surface area (Å²) in [5.74, 6) is -0.460. The van der Waals surface area contributed by atoms with Crippen LogP contribution in [0.4, 0.5) is 5.69 Å². The largest absolute Gasteiger partial charge is 0.324 e. The van der Waals surface area contributed by atoms with Crippen molar-refractivity contribution in [3.8, 4) is 0 Å². The number of sulfonamides is 1. The number of aryl methyl sites for hydroxylation is 3. The highest BCUT2D eigenvalue weighted by Crippen LogP contribution is 2.25. The second kappa shape index (κ2) is 7.74. The molecule has 2 aromatic rings. The third kappa shape index (κ3) is 4.95. The van der Waals surface area contributed by atoms with E-state index < -0.39 is 22.5 Å². The number of nitrogens with one attached hydrogen (secondary N) is 2. The topological polar surface area (TPSA) is 75.3 Å². The fraction of sp³-hybridized carbons (Fsp3) is 0.235. The highest BCUT2D eigenvalue weighted by Gasteiger charge is 2.17. The van der Waals surface area contributed by atoms with Crippen molar-refractivity contribution in [2.24, 2.45) is 0 Å². The van der Waals surface area contributed by atoms with Gasteiger partial charge in [0, 0.05) is 5.69 Å².